The second-order valence-corrected chi connectivity index (χ2v) is 1.71. The number of ether oxygens (including phenoxy) is 1. The van der Waals surface area contributed by atoms with Gasteiger partial charge in [-0.25, -0.2) is 9.78 Å². The first kappa shape index (κ1) is 8.57. The largest absolute Gasteiger partial charge is 0.575 e. The molecule has 1 aromatic rings. The molecule has 7 heteroatoms. The van der Waals surface area contributed by atoms with Crippen LogP contribution in [0.3, 0.4) is 0 Å². The monoisotopic (exact) mass is 181 g/mol. The summed E-state index contributed by atoms with van der Waals surface area (Å²) in [6, 6.07) is 0. The average molecular weight is 181 g/mol. The van der Waals surface area contributed by atoms with Crippen molar-refractivity contribution < 1.29 is 27.1 Å². The van der Waals surface area contributed by atoms with Crippen molar-refractivity contribution in [3.63, 3.8) is 0 Å². The minimum atomic E-state index is -4.99. The second-order valence-electron chi connectivity index (χ2n) is 1.71. The van der Waals surface area contributed by atoms with Gasteiger partial charge in [0.15, 0.2) is 12.1 Å². The van der Waals surface area contributed by atoms with Gasteiger partial charge in [-0.1, -0.05) is 0 Å². The van der Waals surface area contributed by atoms with E-state index in [1.54, 1.807) is 0 Å². The zero-order valence-electron chi connectivity index (χ0n) is 5.46. The Bertz CT molecular complexity index is 266. The van der Waals surface area contributed by atoms with Gasteiger partial charge < -0.3 is 9.15 Å². The van der Waals surface area contributed by atoms with E-state index >= 15 is 0 Å². The molecule has 0 amide bonds. The third kappa shape index (κ3) is 2.26. The molecule has 0 fully saturated rings. The van der Waals surface area contributed by atoms with Gasteiger partial charge >= 0.3 is 12.3 Å². The van der Waals surface area contributed by atoms with Crippen LogP contribution in [0, 0.1) is 0 Å². The van der Waals surface area contributed by atoms with Crippen molar-refractivity contribution in [1.29, 1.82) is 0 Å². The standard InChI is InChI=1S/C5H2F3NO3/c6-5(7,8)12-4(10)3-1-11-2-9-3/h1-2H. The Morgan fingerprint density at radius 3 is 2.67 bits per heavy atom. The lowest BCUT2D eigenvalue weighted by Crippen LogP contribution is -2.19. The number of halogens is 3. The molecule has 0 unspecified atom stereocenters. The van der Waals surface area contributed by atoms with E-state index in [-0.39, 0.29) is 0 Å². The summed E-state index contributed by atoms with van der Waals surface area (Å²) in [5, 5.41) is 0. The highest BCUT2D eigenvalue weighted by molar-refractivity contribution is 5.86. The molecule has 1 heterocycles. The van der Waals surface area contributed by atoms with Crippen molar-refractivity contribution in [2.24, 2.45) is 0 Å². The fourth-order valence-corrected chi connectivity index (χ4v) is 0.471. The smallest absolute Gasteiger partial charge is 0.451 e. The number of hydrogen-bond acceptors (Lipinski definition) is 4. The number of carbonyl (C=O) groups excluding carboxylic acids is 1. The minimum absolute atomic E-state index is 0.521. The van der Waals surface area contributed by atoms with Crippen LogP contribution in [0.5, 0.6) is 0 Å². The van der Waals surface area contributed by atoms with E-state index in [1.807, 2.05) is 0 Å². The Hall–Kier alpha value is -1.53. The molecule has 0 spiro atoms. The molecule has 1 rings (SSSR count). The first-order valence-corrected chi connectivity index (χ1v) is 2.67. The van der Waals surface area contributed by atoms with E-state index in [2.05, 4.69) is 14.1 Å². The molecule has 1 aromatic heterocycles. The van der Waals surface area contributed by atoms with Crippen LogP contribution in [0.25, 0.3) is 0 Å². The Labute approximate surface area is 63.9 Å². The average Bonchev–Trinajstić information content (AvgIpc) is 2.32. The molecule has 12 heavy (non-hydrogen) atoms. The van der Waals surface area contributed by atoms with Crippen molar-refractivity contribution in [3.8, 4) is 0 Å². The highest BCUT2D eigenvalue weighted by atomic mass is 19.4. The van der Waals surface area contributed by atoms with Crippen LogP contribution in [0.1, 0.15) is 10.5 Å². The number of nitrogens with zero attached hydrogens (tertiary/aromatic N) is 1. The molecule has 0 aliphatic heterocycles. The van der Waals surface area contributed by atoms with E-state index in [0.29, 0.717) is 0 Å². The fourth-order valence-electron chi connectivity index (χ4n) is 0.471. The number of hydrogen-bond donors (Lipinski definition) is 0. The maximum Gasteiger partial charge on any atom is 0.575 e. The Morgan fingerprint density at radius 1 is 1.58 bits per heavy atom. The van der Waals surface area contributed by atoms with Crippen LogP contribution in [-0.4, -0.2) is 17.3 Å². The maximum absolute atomic E-state index is 11.4. The van der Waals surface area contributed by atoms with Gasteiger partial charge in [0.25, 0.3) is 0 Å². The van der Waals surface area contributed by atoms with E-state index < -0.39 is 18.0 Å². The van der Waals surface area contributed by atoms with Crippen LogP contribution in [-0.2, 0) is 4.74 Å². The maximum atomic E-state index is 11.4. The molecule has 66 valence electrons. The number of esters is 1. The van der Waals surface area contributed by atoms with Gasteiger partial charge in [-0.3, -0.25) is 0 Å². The van der Waals surface area contributed by atoms with Crippen LogP contribution in [0.4, 0.5) is 13.2 Å². The van der Waals surface area contributed by atoms with E-state index in [0.717, 1.165) is 12.7 Å². The summed E-state index contributed by atoms with van der Waals surface area (Å²) in [7, 11) is 0. The molecule has 0 aliphatic rings. The van der Waals surface area contributed by atoms with E-state index in [4.69, 9.17) is 0 Å². The minimum Gasteiger partial charge on any atom is -0.451 e. The summed E-state index contributed by atoms with van der Waals surface area (Å²) in [6.07, 6.45) is -3.41. The zero-order chi connectivity index (χ0) is 9.19. The predicted molar refractivity (Wildman–Crippen MR) is 28.0 cm³/mol. The van der Waals surface area contributed by atoms with Crippen LogP contribution in [0.15, 0.2) is 17.1 Å². The van der Waals surface area contributed by atoms with Gasteiger partial charge in [0.05, 0.1) is 0 Å². The summed E-state index contributed by atoms with van der Waals surface area (Å²) < 4.78 is 41.5. The van der Waals surface area contributed by atoms with Gasteiger partial charge in [-0.2, -0.15) is 0 Å². The fraction of sp³-hybridized carbons (Fsp3) is 0.200. The lowest BCUT2D eigenvalue weighted by atomic mass is 10.5. The third-order valence-corrected chi connectivity index (χ3v) is 0.850. The molecule has 0 atom stereocenters. The summed E-state index contributed by atoms with van der Waals surface area (Å²) >= 11 is 0. The molecule has 0 radical (unpaired) electrons. The van der Waals surface area contributed by atoms with Gasteiger partial charge in [-0.05, 0) is 0 Å². The Kier molecular flexibility index (Phi) is 2.03. The van der Waals surface area contributed by atoms with Crippen molar-refractivity contribution in [3.05, 3.63) is 18.4 Å². The number of carbonyl (C=O) groups is 1. The van der Waals surface area contributed by atoms with Gasteiger partial charge in [0.2, 0.25) is 0 Å². The number of rotatable bonds is 1. The molecule has 0 saturated heterocycles. The topological polar surface area (TPSA) is 52.3 Å². The van der Waals surface area contributed by atoms with E-state index in [9.17, 15) is 18.0 Å². The number of oxazole rings is 1. The van der Waals surface area contributed by atoms with Crippen molar-refractivity contribution in [1.82, 2.24) is 4.98 Å². The van der Waals surface area contributed by atoms with Crippen LogP contribution in [0.2, 0.25) is 0 Å². The predicted octanol–water partition coefficient (Wildman–Crippen LogP) is 1.35. The first-order chi connectivity index (χ1) is 5.49. The molecule has 0 saturated carbocycles. The summed E-state index contributed by atoms with van der Waals surface area (Å²) in [4.78, 5) is 13.6. The molecule has 0 N–H and O–H groups in total. The molecular formula is C5H2F3NO3. The second kappa shape index (κ2) is 2.84. The van der Waals surface area contributed by atoms with Crippen LogP contribution >= 0.6 is 0 Å². The van der Waals surface area contributed by atoms with Crippen molar-refractivity contribution >= 4 is 5.97 Å². The lowest BCUT2D eigenvalue weighted by molar-refractivity contribution is -0.291. The highest BCUT2D eigenvalue weighted by Crippen LogP contribution is 2.17. The Balaban J connectivity index is 2.63. The normalized spacial score (nSPS) is 11.2. The summed E-state index contributed by atoms with van der Waals surface area (Å²) in [6.45, 7) is 0. The molecular weight excluding hydrogens is 179 g/mol. The molecule has 0 aromatic carbocycles. The SMILES string of the molecule is O=C(OC(F)(F)F)c1cocn1. The number of aromatic nitrogens is 1. The van der Waals surface area contributed by atoms with Gasteiger partial charge in [0, 0.05) is 0 Å². The number of alkyl halides is 3. The summed E-state index contributed by atoms with van der Waals surface area (Å²) in [5.41, 5.74) is -0.521. The van der Waals surface area contributed by atoms with Gasteiger partial charge in [-0.15, -0.1) is 13.2 Å². The quantitative estimate of drug-likeness (QED) is 0.613. The third-order valence-electron chi connectivity index (χ3n) is 0.850. The molecule has 0 aliphatic carbocycles. The lowest BCUT2D eigenvalue weighted by Gasteiger charge is -2.03. The van der Waals surface area contributed by atoms with Crippen molar-refractivity contribution in [2.75, 3.05) is 0 Å². The highest BCUT2D eigenvalue weighted by Gasteiger charge is 2.35. The van der Waals surface area contributed by atoms with E-state index in [1.165, 1.54) is 0 Å². The first-order valence-electron chi connectivity index (χ1n) is 2.67. The van der Waals surface area contributed by atoms with Crippen LogP contribution < -0.4 is 0 Å². The summed E-state index contributed by atoms with van der Waals surface area (Å²) in [5.74, 6) is -1.59. The van der Waals surface area contributed by atoms with Gasteiger partial charge in [0.1, 0.15) is 6.26 Å². The Morgan fingerprint density at radius 2 is 2.25 bits per heavy atom. The molecule has 4 nitrogen and oxygen atoms in total. The van der Waals surface area contributed by atoms with Crippen molar-refractivity contribution in [2.45, 2.75) is 6.36 Å². The zero-order valence-corrected chi connectivity index (χ0v) is 5.46. The molecule has 0 bridgehead atoms.